The number of benzene rings is 2. The standard InChI is InChI=1S/C23H27N3O4/c1-2-30-22(28)13-12-21(27)24-19-8-10-20(11-9-19)25-14-16-26(17-15-25)23(29)18-6-4-3-5-7-18/h3-11H,2,12-17H2,1H3,(H,24,27). The van der Waals surface area contributed by atoms with E-state index in [0.29, 0.717) is 30.9 Å². The summed E-state index contributed by atoms with van der Waals surface area (Å²) in [6, 6.07) is 16.9. The predicted molar refractivity (Wildman–Crippen MR) is 115 cm³/mol. The summed E-state index contributed by atoms with van der Waals surface area (Å²) >= 11 is 0. The Bertz CT molecular complexity index is 860. The molecule has 2 aromatic carbocycles. The topological polar surface area (TPSA) is 79.0 Å². The summed E-state index contributed by atoms with van der Waals surface area (Å²) in [6.45, 7) is 4.89. The van der Waals surface area contributed by atoms with E-state index in [1.807, 2.05) is 59.5 Å². The molecule has 0 saturated carbocycles. The van der Waals surface area contributed by atoms with Crippen LogP contribution in [0.15, 0.2) is 54.6 Å². The third-order valence-corrected chi connectivity index (χ3v) is 4.97. The highest BCUT2D eigenvalue weighted by Gasteiger charge is 2.22. The van der Waals surface area contributed by atoms with Gasteiger partial charge in [-0.05, 0) is 43.3 Å². The molecule has 1 aliphatic rings. The maximum absolute atomic E-state index is 12.6. The first-order chi connectivity index (χ1) is 14.6. The second-order valence-corrected chi connectivity index (χ2v) is 7.05. The lowest BCUT2D eigenvalue weighted by molar-refractivity contribution is -0.144. The fourth-order valence-electron chi connectivity index (χ4n) is 3.36. The van der Waals surface area contributed by atoms with E-state index in [-0.39, 0.29) is 30.6 Å². The van der Waals surface area contributed by atoms with Crippen LogP contribution >= 0.6 is 0 Å². The lowest BCUT2D eigenvalue weighted by Gasteiger charge is -2.36. The molecule has 3 rings (SSSR count). The first-order valence-electron chi connectivity index (χ1n) is 10.2. The summed E-state index contributed by atoms with van der Waals surface area (Å²) in [4.78, 5) is 40.0. The molecule has 2 aromatic rings. The van der Waals surface area contributed by atoms with E-state index < -0.39 is 0 Å². The number of hydrogen-bond acceptors (Lipinski definition) is 5. The van der Waals surface area contributed by atoms with Crippen molar-refractivity contribution in [2.24, 2.45) is 0 Å². The van der Waals surface area contributed by atoms with Crippen LogP contribution in [-0.2, 0) is 14.3 Å². The van der Waals surface area contributed by atoms with Gasteiger partial charge in [-0.1, -0.05) is 18.2 Å². The highest BCUT2D eigenvalue weighted by atomic mass is 16.5. The minimum atomic E-state index is -0.368. The average Bonchev–Trinajstić information content (AvgIpc) is 2.79. The minimum Gasteiger partial charge on any atom is -0.466 e. The van der Waals surface area contributed by atoms with Crippen molar-refractivity contribution in [3.05, 3.63) is 60.2 Å². The second-order valence-electron chi connectivity index (χ2n) is 7.05. The minimum absolute atomic E-state index is 0.0659. The van der Waals surface area contributed by atoms with Gasteiger partial charge in [0.25, 0.3) is 5.91 Å². The number of anilines is 2. The van der Waals surface area contributed by atoms with Gasteiger partial charge in [0.1, 0.15) is 0 Å². The van der Waals surface area contributed by atoms with Gasteiger partial charge in [-0.2, -0.15) is 0 Å². The monoisotopic (exact) mass is 409 g/mol. The van der Waals surface area contributed by atoms with Gasteiger partial charge in [0.2, 0.25) is 5.91 Å². The van der Waals surface area contributed by atoms with E-state index in [0.717, 1.165) is 18.8 Å². The molecule has 7 nitrogen and oxygen atoms in total. The van der Waals surface area contributed by atoms with E-state index >= 15 is 0 Å². The molecular weight excluding hydrogens is 382 g/mol. The third kappa shape index (κ3) is 5.83. The number of hydrogen-bond donors (Lipinski definition) is 1. The molecule has 0 unspecified atom stereocenters. The van der Waals surface area contributed by atoms with E-state index in [4.69, 9.17) is 4.74 Å². The lowest BCUT2D eigenvalue weighted by atomic mass is 10.1. The Morgan fingerprint density at radius 3 is 2.20 bits per heavy atom. The van der Waals surface area contributed by atoms with Gasteiger partial charge in [-0.15, -0.1) is 0 Å². The van der Waals surface area contributed by atoms with Gasteiger partial charge in [0.15, 0.2) is 0 Å². The summed E-state index contributed by atoms with van der Waals surface area (Å²) in [5, 5.41) is 2.79. The molecule has 1 heterocycles. The van der Waals surface area contributed by atoms with Gasteiger partial charge in [-0.25, -0.2) is 0 Å². The Morgan fingerprint density at radius 1 is 0.900 bits per heavy atom. The fraction of sp³-hybridized carbons (Fsp3) is 0.348. The van der Waals surface area contributed by atoms with Crippen LogP contribution in [0, 0.1) is 0 Å². The van der Waals surface area contributed by atoms with E-state index in [1.54, 1.807) is 6.92 Å². The Kier molecular flexibility index (Phi) is 7.43. The molecule has 0 aromatic heterocycles. The Morgan fingerprint density at radius 2 is 1.57 bits per heavy atom. The van der Waals surface area contributed by atoms with Crippen molar-refractivity contribution < 1.29 is 19.1 Å². The number of amides is 2. The van der Waals surface area contributed by atoms with Crippen molar-refractivity contribution >= 4 is 29.2 Å². The molecular formula is C23H27N3O4. The zero-order chi connectivity index (χ0) is 21.3. The summed E-state index contributed by atoms with van der Waals surface area (Å²) in [7, 11) is 0. The molecule has 1 fully saturated rings. The Hall–Kier alpha value is -3.35. The molecule has 2 amide bonds. The lowest BCUT2D eigenvalue weighted by Crippen LogP contribution is -2.48. The molecule has 158 valence electrons. The number of piperazine rings is 1. The van der Waals surface area contributed by atoms with E-state index in [2.05, 4.69) is 10.2 Å². The van der Waals surface area contributed by atoms with Crippen molar-refractivity contribution in [1.82, 2.24) is 4.90 Å². The molecule has 0 spiro atoms. The fourth-order valence-corrected chi connectivity index (χ4v) is 3.36. The summed E-state index contributed by atoms with van der Waals surface area (Å²) < 4.78 is 4.82. The highest BCUT2D eigenvalue weighted by molar-refractivity contribution is 5.94. The van der Waals surface area contributed by atoms with Crippen molar-refractivity contribution in [3.8, 4) is 0 Å². The Balaban J connectivity index is 1.47. The van der Waals surface area contributed by atoms with Gasteiger partial charge in [-0.3, -0.25) is 14.4 Å². The molecule has 30 heavy (non-hydrogen) atoms. The van der Waals surface area contributed by atoms with Crippen LogP contribution in [0.25, 0.3) is 0 Å². The van der Waals surface area contributed by atoms with E-state index in [1.165, 1.54) is 0 Å². The summed E-state index contributed by atoms with van der Waals surface area (Å²) in [5.74, 6) is -0.521. The zero-order valence-electron chi connectivity index (χ0n) is 17.2. The predicted octanol–water partition coefficient (Wildman–Crippen LogP) is 2.93. The molecule has 0 atom stereocenters. The van der Waals surface area contributed by atoms with E-state index in [9.17, 15) is 14.4 Å². The van der Waals surface area contributed by atoms with Crippen LogP contribution < -0.4 is 10.2 Å². The molecule has 1 saturated heterocycles. The smallest absolute Gasteiger partial charge is 0.306 e. The largest absolute Gasteiger partial charge is 0.466 e. The average molecular weight is 409 g/mol. The van der Waals surface area contributed by atoms with Crippen LogP contribution in [-0.4, -0.2) is 55.5 Å². The first kappa shape index (κ1) is 21.4. The van der Waals surface area contributed by atoms with Gasteiger partial charge in [0, 0.05) is 49.5 Å². The molecule has 1 aliphatic heterocycles. The SMILES string of the molecule is CCOC(=O)CCC(=O)Nc1ccc(N2CCN(C(=O)c3ccccc3)CC2)cc1. The third-order valence-electron chi connectivity index (χ3n) is 4.97. The quantitative estimate of drug-likeness (QED) is 0.712. The number of esters is 1. The molecule has 0 radical (unpaired) electrons. The van der Waals surface area contributed by atoms with Gasteiger partial charge < -0.3 is 19.9 Å². The summed E-state index contributed by atoms with van der Waals surface area (Å²) in [6.07, 6.45) is 0.168. The van der Waals surface area contributed by atoms with Crippen molar-refractivity contribution in [2.75, 3.05) is 43.0 Å². The van der Waals surface area contributed by atoms with Crippen LogP contribution in [0.3, 0.4) is 0 Å². The summed E-state index contributed by atoms with van der Waals surface area (Å²) in [5.41, 5.74) is 2.45. The van der Waals surface area contributed by atoms with Crippen LogP contribution in [0.2, 0.25) is 0 Å². The second kappa shape index (κ2) is 10.4. The number of nitrogens with zero attached hydrogens (tertiary/aromatic N) is 2. The van der Waals surface area contributed by atoms with Crippen LogP contribution in [0.1, 0.15) is 30.1 Å². The molecule has 0 bridgehead atoms. The van der Waals surface area contributed by atoms with Crippen molar-refractivity contribution in [2.45, 2.75) is 19.8 Å². The van der Waals surface area contributed by atoms with Crippen LogP contribution in [0.5, 0.6) is 0 Å². The normalized spacial score (nSPS) is 13.6. The zero-order valence-corrected chi connectivity index (χ0v) is 17.2. The first-order valence-corrected chi connectivity index (χ1v) is 10.2. The molecule has 7 heteroatoms. The molecule has 1 N–H and O–H groups in total. The van der Waals surface area contributed by atoms with Crippen LogP contribution in [0.4, 0.5) is 11.4 Å². The van der Waals surface area contributed by atoms with Crippen molar-refractivity contribution in [3.63, 3.8) is 0 Å². The maximum Gasteiger partial charge on any atom is 0.306 e. The number of ether oxygens (including phenoxy) is 1. The molecule has 0 aliphatic carbocycles. The number of rotatable bonds is 7. The highest BCUT2D eigenvalue weighted by Crippen LogP contribution is 2.20. The number of nitrogens with one attached hydrogen (secondary N) is 1. The van der Waals surface area contributed by atoms with Gasteiger partial charge in [0.05, 0.1) is 13.0 Å². The number of carbonyl (C=O) groups excluding carboxylic acids is 3. The van der Waals surface area contributed by atoms with Gasteiger partial charge >= 0.3 is 5.97 Å². The Labute approximate surface area is 176 Å². The number of carbonyl (C=O) groups is 3. The maximum atomic E-state index is 12.6. The van der Waals surface area contributed by atoms with Crippen molar-refractivity contribution in [1.29, 1.82) is 0 Å².